The van der Waals surface area contributed by atoms with Crippen LogP contribution >= 0.6 is 24.0 Å². The van der Waals surface area contributed by atoms with E-state index in [2.05, 4.69) is 57.9 Å². The number of likely N-dealkylation sites (N-methyl/N-ethyl adjacent to an activating group) is 1. The third-order valence-corrected chi connectivity index (χ3v) is 3.76. The normalized spacial score (nSPS) is 11.7. The first-order valence-electron chi connectivity index (χ1n) is 9.26. The summed E-state index contributed by atoms with van der Waals surface area (Å²) >= 11 is 0. The van der Waals surface area contributed by atoms with Crippen molar-refractivity contribution in [2.45, 2.75) is 40.3 Å². The number of hydrogen-bond donors (Lipinski definition) is 2. The minimum atomic E-state index is 0. The zero-order valence-electron chi connectivity index (χ0n) is 17.0. The predicted molar refractivity (Wildman–Crippen MR) is 119 cm³/mol. The molecule has 0 aromatic carbocycles. The van der Waals surface area contributed by atoms with Crippen molar-refractivity contribution in [3.8, 4) is 0 Å². The fraction of sp³-hybridized carbons (Fsp3) is 0.778. The molecular formula is C18H37IN6O. The van der Waals surface area contributed by atoms with E-state index in [1.807, 2.05) is 12.4 Å². The maximum atomic E-state index is 5.09. The van der Waals surface area contributed by atoms with Gasteiger partial charge in [-0.25, -0.2) is 9.98 Å². The second-order valence-electron chi connectivity index (χ2n) is 6.66. The average Bonchev–Trinajstić information content (AvgIpc) is 2.99. The number of ether oxygens (including phenoxy) is 1. The highest BCUT2D eigenvalue weighted by molar-refractivity contribution is 14.0. The summed E-state index contributed by atoms with van der Waals surface area (Å²) in [6.07, 6.45) is 4.93. The van der Waals surface area contributed by atoms with Crippen LogP contribution in [0.25, 0.3) is 0 Å². The number of imidazole rings is 1. The van der Waals surface area contributed by atoms with Crippen molar-refractivity contribution in [2.75, 3.05) is 46.9 Å². The second kappa shape index (κ2) is 15.2. The topological polar surface area (TPSA) is 66.7 Å². The van der Waals surface area contributed by atoms with E-state index in [1.54, 1.807) is 7.11 Å². The van der Waals surface area contributed by atoms with Gasteiger partial charge in [-0.3, -0.25) is 0 Å². The first-order valence-corrected chi connectivity index (χ1v) is 9.26. The van der Waals surface area contributed by atoms with E-state index in [4.69, 9.17) is 4.74 Å². The van der Waals surface area contributed by atoms with E-state index in [1.165, 1.54) is 0 Å². The molecule has 26 heavy (non-hydrogen) atoms. The average molecular weight is 480 g/mol. The van der Waals surface area contributed by atoms with Crippen LogP contribution in [0.15, 0.2) is 17.4 Å². The Bertz CT molecular complexity index is 492. The number of aromatic nitrogens is 2. The van der Waals surface area contributed by atoms with E-state index in [-0.39, 0.29) is 24.0 Å². The van der Waals surface area contributed by atoms with Gasteiger partial charge in [0.2, 0.25) is 0 Å². The quantitative estimate of drug-likeness (QED) is 0.208. The Morgan fingerprint density at radius 3 is 2.77 bits per heavy atom. The Hall–Kier alpha value is -0.870. The predicted octanol–water partition coefficient (Wildman–Crippen LogP) is 2.18. The molecule has 1 heterocycles. The largest absolute Gasteiger partial charge is 0.385 e. The van der Waals surface area contributed by atoms with Crippen molar-refractivity contribution in [3.63, 3.8) is 0 Å². The summed E-state index contributed by atoms with van der Waals surface area (Å²) in [5.74, 6) is 2.44. The Balaban J connectivity index is 0.00000625. The maximum Gasteiger partial charge on any atom is 0.191 e. The number of nitrogens with zero attached hydrogens (tertiary/aromatic N) is 4. The molecule has 0 radical (unpaired) electrons. The minimum absolute atomic E-state index is 0. The van der Waals surface area contributed by atoms with Crippen LogP contribution in [0, 0.1) is 5.92 Å². The van der Waals surface area contributed by atoms with Crippen LogP contribution in [0.3, 0.4) is 0 Å². The molecule has 0 aliphatic carbocycles. The lowest BCUT2D eigenvalue weighted by atomic mass is 10.2. The zero-order valence-corrected chi connectivity index (χ0v) is 19.3. The van der Waals surface area contributed by atoms with Gasteiger partial charge in [0.05, 0.1) is 0 Å². The van der Waals surface area contributed by atoms with E-state index >= 15 is 0 Å². The van der Waals surface area contributed by atoms with Crippen LogP contribution in [0.4, 0.5) is 0 Å². The van der Waals surface area contributed by atoms with Crippen molar-refractivity contribution in [1.29, 1.82) is 0 Å². The molecule has 0 saturated heterocycles. The molecule has 0 bridgehead atoms. The molecule has 0 aliphatic rings. The summed E-state index contributed by atoms with van der Waals surface area (Å²) in [6, 6.07) is 0. The van der Waals surface area contributed by atoms with Crippen LogP contribution in [-0.4, -0.2) is 67.4 Å². The molecule has 0 saturated carbocycles. The molecular weight excluding hydrogens is 443 g/mol. The van der Waals surface area contributed by atoms with Crippen LogP contribution < -0.4 is 10.6 Å². The number of rotatable bonds is 12. The van der Waals surface area contributed by atoms with Crippen molar-refractivity contribution in [2.24, 2.45) is 10.9 Å². The number of hydrogen-bond acceptors (Lipinski definition) is 4. The smallest absolute Gasteiger partial charge is 0.191 e. The zero-order chi connectivity index (χ0) is 18.5. The number of methoxy groups -OCH3 is 1. The SMILES string of the molecule is CCNC(=NCc1nccn1CC(C)C)NCCN(C)CCCOC.I. The third-order valence-electron chi connectivity index (χ3n) is 3.76. The molecule has 1 rings (SSSR count). The summed E-state index contributed by atoms with van der Waals surface area (Å²) < 4.78 is 7.27. The molecule has 0 fully saturated rings. The lowest BCUT2D eigenvalue weighted by Gasteiger charge is -2.18. The fourth-order valence-electron chi connectivity index (χ4n) is 2.50. The van der Waals surface area contributed by atoms with Crippen molar-refractivity contribution in [3.05, 3.63) is 18.2 Å². The summed E-state index contributed by atoms with van der Waals surface area (Å²) in [6.45, 7) is 12.6. The number of guanidine groups is 1. The Labute approximate surface area is 176 Å². The molecule has 0 amide bonds. The van der Waals surface area contributed by atoms with Gasteiger partial charge in [0.25, 0.3) is 0 Å². The van der Waals surface area contributed by atoms with Gasteiger partial charge in [-0.05, 0) is 26.3 Å². The standard InChI is InChI=1S/C18H36N6O.HI/c1-6-19-18(21-8-11-23(4)10-7-13-25-5)22-14-17-20-9-12-24(17)15-16(2)3;/h9,12,16H,6-8,10-11,13-15H2,1-5H3,(H2,19,21,22);1H. The molecule has 0 spiro atoms. The highest BCUT2D eigenvalue weighted by Gasteiger charge is 2.05. The number of nitrogens with one attached hydrogen (secondary N) is 2. The fourth-order valence-corrected chi connectivity index (χ4v) is 2.50. The van der Waals surface area contributed by atoms with E-state index in [0.717, 1.165) is 57.5 Å². The first-order chi connectivity index (χ1) is 12.1. The van der Waals surface area contributed by atoms with Gasteiger partial charge in [0.1, 0.15) is 12.4 Å². The molecule has 7 nitrogen and oxygen atoms in total. The van der Waals surface area contributed by atoms with E-state index < -0.39 is 0 Å². The van der Waals surface area contributed by atoms with Crippen LogP contribution in [0.2, 0.25) is 0 Å². The lowest BCUT2D eigenvalue weighted by molar-refractivity contribution is 0.180. The molecule has 1 aromatic rings. The van der Waals surface area contributed by atoms with Gasteiger partial charge in [0.15, 0.2) is 5.96 Å². The Morgan fingerprint density at radius 2 is 2.12 bits per heavy atom. The molecule has 152 valence electrons. The number of aliphatic imine (C=N–C) groups is 1. The van der Waals surface area contributed by atoms with Crippen LogP contribution in [0.1, 0.15) is 33.0 Å². The molecule has 0 aliphatic heterocycles. The van der Waals surface area contributed by atoms with Gasteiger partial charge >= 0.3 is 0 Å². The molecule has 2 N–H and O–H groups in total. The minimum Gasteiger partial charge on any atom is -0.385 e. The van der Waals surface area contributed by atoms with Crippen molar-refractivity contribution >= 4 is 29.9 Å². The van der Waals surface area contributed by atoms with E-state index in [9.17, 15) is 0 Å². The maximum absolute atomic E-state index is 5.09. The summed E-state index contributed by atoms with van der Waals surface area (Å²) in [7, 11) is 3.87. The molecule has 8 heteroatoms. The van der Waals surface area contributed by atoms with E-state index in [0.29, 0.717) is 12.5 Å². The molecule has 1 aromatic heterocycles. The van der Waals surface area contributed by atoms with Gasteiger partial charge in [-0.1, -0.05) is 13.8 Å². The highest BCUT2D eigenvalue weighted by Crippen LogP contribution is 2.04. The van der Waals surface area contributed by atoms with Crippen molar-refractivity contribution < 1.29 is 4.74 Å². The van der Waals surface area contributed by atoms with Crippen LogP contribution in [-0.2, 0) is 17.8 Å². The summed E-state index contributed by atoms with van der Waals surface area (Å²) in [5.41, 5.74) is 0. The van der Waals surface area contributed by atoms with Gasteiger partial charge in [0, 0.05) is 58.8 Å². The molecule has 0 atom stereocenters. The highest BCUT2D eigenvalue weighted by atomic mass is 127. The second-order valence-corrected chi connectivity index (χ2v) is 6.66. The number of halogens is 1. The Morgan fingerprint density at radius 1 is 1.35 bits per heavy atom. The van der Waals surface area contributed by atoms with Crippen molar-refractivity contribution in [1.82, 2.24) is 25.1 Å². The third kappa shape index (κ3) is 11.0. The van der Waals surface area contributed by atoms with Gasteiger partial charge in [-0.15, -0.1) is 24.0 Å². The van der Waals surface area contributed by atoms with Gasteiger partial charge in [-0.2, -0.15) is 0 Å². The monoisotopic (exact) mass is 480 g/mol. The molecule has 0 unspecified atom stereocenters. The first kappa shape index (κ1) is 25.1. The summed E-state index contributed by atoms with van der Waals surface area (Å²) in [5, 5.41) is 6.69. The summed E-state index contributed by atoms with van der Waals surface area (Å²) in [4.78, 5) is 11.4. The Kier molecular flexibility index (Phi) is 14.7. The lowest BCUT2D eigenvalue weighted by Crippen LogP contribution is -2.41. The van der Waals surface area contributed by atoms with Crippen LogP contribution in [0.5, 0.6) is 0 Å². The van der Waals surface area contributed by atoms with Gasteiger partial charge < -0.3 is 24.8 Å².